The van der Waals surface area contributed by atoms with E-state index < -0.39 is 28.5 Å². The molecule has 3 rings (SSSR count). The largest absolute Gasteiger partial charge is 0.495 e. The van der Waals surface area contributed by atoms with Gasteiger partial charge < -0.3 is 15.0 Å². The molecule has 0 aromatic heterocycles. The molecule has 0 spiro atoms. The maximum absolute atomic E-state index is 14.1. The summed E-state index contributed by atoms with van der Waals surface area (Å²) in [5, 5.41) is 2.95. The van der Waals surface area contributed by atoms with Crippen LogP contribution in [0.2, 0.25) is 0 Å². The number of benzene rings is 3. The van der Waals surface area contributed by atoms with Gasteiger partial charge in [0.15, 0.2) is 0 Å². The maximum atomic E-state index is 14.1. The average molecular weight is 566 g/mol. The molecule has 3 aromatic rings. The second-order valence-electron chi connectivity index (χ2n) is 9.94. The molecule has 214 valence electrons. The second-order valence-corrected chi connectivity index (χ2v) is 11.8. The van der Waals surface area contributed by atoms with E-state index >= 15 is 0 Å². The molecule has 9 heteroatoms. The first-order chi connectivity index (χ1) is 19.0. The Morgan fingerprint density at radius 1 is 0.950 bits per heavy atom. The summed E-state index contributed by atoms with van der Waals surface area (Å²) in [5.74, 6) is -0.508. The third-order valence-corrected chi connectivity index (χ3v) is 8.76. The van der Waals surface area contributed by atoms with Crippen molar-refractivity contribution in [1.82, 2.24) is 10.2 Å². The highest BCUT2D eigenvalue weighted by Gasteiger charge is 2.34. The molecule has 0 saturated carbocycles. The van der Waals surface area contributed by atoms with Gasteiger partial charge in [-0.25, -0.2) is 8.42 Å². The number of carbonyl (C=O) groups is 2. The number of rotatable bonds is 12. The van der Waals surface area contributed by atoms with Gasteiger partial charge >= 0.3 is 0 Å². The Bertz CT molecular complexity index is 1430. The number of hydrogen-bond acceptors (Lipinski definition) is 5. The Hall–Kier alpha value is -3.85. The molecule has 8 nitrogen and oxygen atoms in total. The molecule has 0 radical (unpaired) electrons. The predicted octanol–water partition coefficient (Wildman–Crippen LogP) is 4.84. The van der Waals surface area contributed by atoms with Crippen molar-refractivity contribution in [3.63, 3.8) is 0 Å². The van der Waals surface area contributed by atoms with E-state index in [9.17, 15) is 18.0 Å². The molecular formula is C31H39N3O5S. The Morgan fingerprint density at radius 3 is 2.23 bits per heavy atom. The van der Waals surface area contributed by atoms with Gasteiger partial charge in [-0.15, -0.1) is 0 Å². The highest BCUT2D eigenvalue weighted by atomic mass is 32.2. The Morgan fingerprint density at radius 2 is 1.60 bits per heavy atom. The fourth-order valence-electron chi connectivity index (χ4n) is 4.25. The Labute approximate surface area is 238 Å². The summed E-state index contributed by atoms with van der Waals surface area (Å²) in [7, 11) is -2.72. The van der Waals surface area contributed by atoms with Crippen molar-refractivity contribution in [2.24, 2.45) is 0 Å². The van der Waals surface area contributed by atoms with Crippen LogP contribution >= 0.6 is 0 Å². The lowest BCUT2D eigenvalue weighted by atomic mass is 10.1. The zero-order chi connectivity index (χ0) is 29.4. The highest BCUT2D eigenvalue weighted by molar-refractivity contribution is 7.92. The number of anilines is 1. The number of hydrogen-bond donors (Lipinski definition) is 1. The number of aryl methyl sites for hydroxylation is 2. The average Bonchev–Trinajstić information content (AvgIpc) is 2.95. The van der Waals surface area contributed by atoms with Crippen LogP contribution in [0, 0.1) is 13.8 Å². The van der Waals surface area contributed by atoms with Crippen LogP contribution in [0.1, 0.15) is 43.9 Å². The fourth-order valence-corrected chi connectivity index (χ4v) is 5.68. The van der Waals surface area contributed by atoms with E-state index in [2.05, 4.69) is 5.32 Å². The number of amides is 2. The molecule has 0 fully saturated rings. The standard InChI is InChI=1S/C31H39N3O5S/c1-7-24(4)32-31(36)25(5)33(20-26-14-12-11-13-23(26)3)30(35)21-34(28-19-22(2)17-18-29(28)39-6)40(37,38)27-15-9-8-10-16-27/h8-19,24-25H,7,20-21H2,1-6H3,(H,32,36)/t24-,25+/m1/s1. The van der Waals surface area contributed by atoms with E-state index in [4.69, 9.17) is 4.74 Å². The molecule has 40 heavy (non-hydrogen) atoms. The molecule has 0 unspecified atom stereocenters. The fraction of sp³-hybridized carbons (Fsp3) is 0.355. The normalized spacial score (nSPS) is 12.8. The molecule has 0 heterocycles. The predicted molar refractivity (Wildman–Crippen MR) is 158 cm³/mol. The van der Waals surface area contributed by atoms with Gasteiger partial charge in [0.1, 0.15) is 18.3 Å². The van der Waals surface area contributed by atoms with Crippen LogP contribution in [0.15, 0.2) is 77.7 Å². The summed E-state index contributed by atoms with van der Waals surface area (Å²) in [5.41, 5.74) is 2.87. The van der Waals surface area contributed by atoms with Gasteiger partial charge in [0.05, 0.1) is 17.7 Å². The zero-order valence-electron chi connectivity index (χ0n) is 24.0. The number of carbonyl (C=O) groups excluding carboxylic acids is 2. The van der Waals surface area contributed by atoms with Crippen molar-refractivity contribution in [3.8, 4) is 5.75 Å². The lowest BCUT2D eigenvalue weighted by molar-refractivity contribution is -0.139. The molecule has 2 atom stereocenters. The summed E-state index contributed by atoms with van der Waals surface area (Å²) < 4.78 is 34.6. The molecule has 0 aliphatic rings. The van der Waals surface area contributed by atoms with E-state index in [1.54, 1.807) is 37.3 Å². The number of nitrogens with zero attached hydrogens (tertiary/aromatic N) is 2. The lowest BCUT2D eigenvalue weighted by Gasteiger charge is -2.33. The smallest absolute Gasteiger partial charge is 0.264 e. The molecular weight excluding hydrogens is 526 g/mol. The SMILES string of the molecule is CC[C@@H](C)NC(=O)[C@H](C)N(Cc1ccccc1C)C(=O)CN(c1cc(C)ccc1OC)S(=O)(=O)c1ccccc1. The summed E-state index contributed by atoms with van der Waals surface area (Å²) in [6.07, 6.45) is 0.737. The van der Waals surface area contributed by atoms with Crippen LogP contribution in [0.25, 0.3) is 0 Å². The Kier molecular flexibility index (Phi) is 10.3. The van der Waals surface area contributed by atoms with Crippen LogP contribution in [-0.2, 0) is 26.2 Å². The van der Waals surface area contributed by atoms with Gasteiger partial charge in [-0.2, -0.15) is 0 Å². The molecule has 1 N–H and O–H groups in total. The van der Waals surface area contributed by atoms with Gasteiger partial charge in [-0.3, -0.25) is 13.9 Å². The minimum Gasteiger partial charge on any atom is -0.495 e. The molecule has 0 aliphatic carbocycles. The van der Waals surface area contributed by atoms with Crippen molar-refractivity contribution in [3.05, 3.63) is 89.5 Å². The van der Waals surface area contributed by atoms with Crippen molar-refractivity contribution >= 4 is 27.5 Å². The summed E-state index contributed by atoms with van der Waals surface area (Å²) in [6, 6.07) is 19.8. The van der Waals surface area contributed by atoms with Gasteiger partial charge in [-0.1, -0.05) is 55.5 Å². The third-order valence-electron chi connectivity index (χ3n) is 6.98. The monoisotopic (exact) mass is 565 g/mol. The summed E-state index contributed by atoms with van der Waals surface area (Å²) in [6.45, 7) is 8.92. The van der Waals surface area contributed by atoms with Crippen LogP contribution in [0.5, 0.6) is 5.75 Å². The van der Waals surface area contributed by atoms with Gasteiger partial charge in [0, 0.05) is 12.6 Å². The molecule has 2 amide bonds. The van der Waals surface area contributed by atoms with E-state index in [1.807, 2.05) is 58.0 Å². The second kappa shape index (κ2) is 13.5. The van der Waals surface area contributed by atoms with Crippen LogP contribution in [0.3, 0.4) is 0 Å². The third kappa shape index (κ3) is 7.21. The lowest BCUT2D eigenvalue weighted by Crippen LogP contribution is -2.52. The van der Waals surface area contributed by atoms with E-state index in [-0.39, 0.29) is 29.1 Å². The summed E-state index contributed by atoms with van der Waals surface area (Å²) in [4.78, 5) is 28.8. The minimum absolute atomic E-state index is 0.0411. The number of ether oxygens (including phenoxy) is 1. The molecule has 0 saturated heterocycles. The van der Waals surface area contributed by atoms with Gasteiger partial charge in [0.25, 0.3) is 10.0 Å². The van der Waals surface area contributed by atoms with E-state index in [0.29, 0.717) is 5.75 Å². The first-order valence-electron chi connectivity index (χ1n) is 13.4. The quantitative estimate of drug-likeness (QED) is 0.339. The number of sulfonamides is 1. The first kappa shape index (κ1) is 30.7. The topological polar surface area (TPSA) is 96.0 Å². The molecule has 3 aromatic carbocycles. The number of methoxy groups -OCH3 is 1. The van der Waals surface area contributed by atoms with Crippen molar-refractivity contribution in [2.45, 2.75) is 64.6 Å². The van der Waals surface area contributed by atoms with E-state index in [0.717, 1.165) is 27.4 Å². The van der Waals surface area contributed by atoms with Crippen molar-refractivity contribution in [1.29, 1.82) is 0 Å². The van der Waals surface area contributed by atoms with Gasteiger partial charge in [0.2, 0.25) is 11.8 Å². The Balaban J connectivity index is 2.09. The minimum atomic E-state index is -4.18. The van der Waals surface area contributed by atoms with E-state index in [1.165, 1.54) is 24.1 Å². The molecule has 0 aliphatic heterocycles. The van der Waals surface area contributed by atoms with Crippen molar-refractivity contribution < 1.29 is 22.7 Å². The van der Waals surface area contributed by atoms with Crippen LogP contribution in [0.4, 0.5) is 5.69 Å². The highest BCUT2D eigenvalue weighted by Crippen LogP contribution is 2.33. The maximum Gasteiger partial charge on any atom is 0.264 e. The van der Waals surface area contributed by atoms with Crippen LogP contribution < -0.4 is 14.4 Å². The molecule has 0 bridgehead atoms. The van der Waals surface area contributed by atoms with Gasteiger partial charge in [-0.05, 0) is 75.1 Å². The van der Waals surface area contributed by atoms with Crippen LogP contribution in [-0.4, -0.2) is 50.9 Å². The van der Waals surface area contributed by atoms with Crippen molar-refractivity contribution in [2.75, 3.05) is 18.0 Å². The zero-order valence-corrected chi connectivity index (χ0v) is 24.9. The number of nitrogens with one attached hydrogen (secondary N) is 1. The summed E-state index contributed by atoms with van der Waals surface area (Å²) >= 11 is 0. The first-order valence-corrected chi connectivity index (χ1v) is 14.8.